The Kier molecular flexibility index (Phi) is 4.78. The first-order valence-electron chi connectivity index (χ1n) is 8.08. The molecule has 1 amide bonds. The molecule has 6 heteroatoms. The largest absolute Gasteiger partial charge is 0.346 e. The molecule has 0 spiro atoms. The molecule has 2 unspecified atom stereocenters. The lowest BCUT2D eigenvalue weighted by Crippen LogP contribution is -2.57. The second kappa shape index (κ2) is 6.98. The molecular formula is C18H22N4O2. The number of nitrogens with zero attached hydrogens (tertiary/aromatic N) is 2. The second-order valence-corrected chi connectivity index (χ2v) is 6.25. The van der Waals surface area contributed by atoms with Crippen LogP contribution in [-0.4, -0.2) is 47.6 Å². The monoisotopic (exact) mass is 326 g/mol. The SMILES string of the molecule is CN1CCC(N)C(NC(=O)c2ccc(-n3ccccc3=O)cc2)C1. The highest BCUT2D eigenvalue weighted by Crippen LogP contribution is 2.11. The fourth-order valence-electron chi connectivity index (χ4n) is 2.95. The molecule has 1 saturated heterocycles. The molecule has 2 heterocycles. The van der Waals surface area contributed by atoms with Crippen molar-refractivity contribution in [1.29, 1.82) is 0 Å². The predicted octanol–water partition coefficient (Wildman–Crippen LogP) is 0.599. The normalized spacial score (nSPS) is 21.4. The molecule has 2 aromatic rings. The first-order valence-corrected chi connectivity index (χ1v) is 8.08. The van der Waals surface area contributed by atoms with Gasteiger partial charge in [-0.1, -0.05) is 6.07 Å². The quantitative estimate of drug-likeness (QED) is 0.865. The van der Waals surface area contributed by atoms with Crippen LogP contribution in [0.1, 0.15) is 16.8 Å². The minimum absolute atomic E-state index is 0.0210. The van der Waals surface area contributed by atoms with E-state index in [9.17, 15) is 9.59 Å². The molecule has 3 rings (SSSR count). The summed E-state index contributed by atoms with van der Waals surface area (Å²) in [5.74, 6) is -0.141. The first kappa shape index (κ1) is 16.4. The molecule has 1 aromatic carbocycles. The number of piperidine rings is 1. The van der Waals surface area contributed by atoms with E-state index >= 15 is 0 Å². The van der Waals surface area contributed by atoms with Gasteiger partial charge in [-0.15, -0.1) is 0 Å². The van der Waals surface area contributed by atoms with Gasteiger partial charge in [-0.2, -0.15) is 0 Å². The number of nitrogens with one attached hydrogen (secondary N) is 1. The van der Waals surface area contributed by atoms with E-state index in [1.165, 1.54) is 10.6 Å². The molecule has 1 aliphatic heterocycles. The van der Waals surface area contributed by atoms with Crippen molar-refractivity contribution in [2.24, 2.45) is 5.73 Å². The Morgan fingerprint density at radius 2 is 1.96 bits per heavy atom. The van der Waals surface area contributed by atoms with Crippen LogP contribution in [0.3, 0.4) is 0 Å². The van der Waals surface area contributed by atoms with E-state index < -0.39 is 0 Å². The highest BCUT2D eigenvalue weighted by atomic mass is 16.1. The molecule has 1 aliphatic rings. The van der Waals surface area contributed by atoms with Gasteiger partial charge in [0.05, 0.1) is 6.04 Å². The zero-order chi connectivity index (χ0) is 17.1. The number of likely N-dealkylation sites (N-methyl/N-ethyl adjacent to an activating group) is 1. The Labute approximate surface area is 140 Å². The van der Waals surface area contributed by atoms with Crippen LogP contribution in [0.2, 0.25) is 0 Å². The van der Waals surface area contributed by atoms with Crippen molar-refractivity contribution in [2.45, 2.75) is 18.5 Å². The Bertz CT molecular complexity index is 769. The standard InChI is InChI=1S/C18H22N4O2/c1-21-11-9-15(19)16(12-21)20-18(24)13-5-7-14(8-6-13)22-10-3-2-4-17(22)23/h2-8,10,15-16H,9,11-12,19H2,1H3,(H,20,24). The van der Waals surface area contributed by atoms with Crippen LogP contribution in [-0.2, 0) is 0 Å². The third-order valence-electron chi connectivity index (χ3n) is 4.42. The molecule has 3 N–H and O–H groups in total. The Morgan fingerprint density at radius 3 is 2.67 bits per heavy atom. The summed E-state index contributed by atoms with van der Waals surface area (Å²) in [6.45, 7) is 1.71. The number of carbonyl (C=O) groups is 1. The van der Waals surface area contributed by atoms with Crippen LogP contribution in [0.5, 0.6) is 0 Å². The molecule has 24 heavy (non-hydrogen) atoms. The number of benzene rings is 1. The average Bonchev–Trinajstić information content (AvgIpc) is 2.59. The van der Waals surface area contributed by atoms with Crippen molar-refractivity contribution in [1.82, 2.24) is 14.8 Å². The lowest BCUT2D eigenvalue weighted by molar-refractivity contribution is 0.0901. The molecule has 0 saturated carbocycles. The van der Waals surface area contributed by atoms with Gasteiger partial charge in [-0.3, -0.25) is 14.2 Å². The highest BCUT2D eigenvalue weighted by molar-refractivity contribution is 5.94. The Hall–Kier alpha value is -2.44. The average molecular weight is 326 g/mol. The summed E-state index contributed by atoms with van der Waals surface area (Å²) in [5.41, 5.74) is 7.29. The van der Waals surface area contributed by atoms with E-state index in [1.807, 2.05) is 7.05 Å². The molecular weight excluding hydrogens is 304 g/mol. The maximum absolute atomic E-state index is 12.4. The number of amides is 1. The molecule has 6 nitrogen and oxygen atoms in total. The zero-order valence-corrected chi connectivity index (χ0v) is 13.7. The van der Waals surface area contributed by atoms with Gasteiger partial charge in [0.25, 0.3) is 11.5 Å². The fourth-order valence-corrected chi connectivity index (χ4v) is 2.95. The van der Waals surface area contributed by atoms with E-state index in [0.717, 1.165) is 25.2 Å². The molecule has 1 fully saturated rings. The number of nitrogens with two attached hydrogens (primary N) is 1. The van der Waals surface area contributed by atoms with Crippen LogP contribution in [0.4, 0.5) is 0 Å². The molecule has 0 bridgehead atoms. The number of hydrogen-bond donors (Lipinski definition) is 2. The van der Waals surface area contributed by atoms with Crippen molar-refractivity contribution < 1.29 is 4.79 Å². The van der Waals surface area contributed by atoms with Gasteiger partial charge in [0, 0.05) is 36.1 Å². The van der Waals surface area contributed by atoms with Crippen molar-refractivity contribution in [3.63, 3.8) is 0 Å². The van der Waals surface area contributed by atoms with Crippen molar-refractivity contribution >= 4 is 5.91 Å². The fraction of sp³-hybridized carbons (Fsp3) is 0.333. The summed E-state index contributed by atoms with van der Waals surface area (Å²) in [4.78, 5) is 26.4. The molecule has 0 aliphatic carbocycles. The van der Waals surface area contributed by atoms with Gasteiger partial charge in [-0.25, -0.2) is 0 Å². The lowest BCUT2D eigenvalue weighted by Gasteiger charge is -2.35. The van der Waals surface area contributed by atoms with Gasteiger partial charge in [0.15, 0.2) is 0 Å². The van der Waals surface area contributed by atoms with Crippen LogP contribution in [0.15, 0.2) is 53.5 Å². The Morgan fingerprint density at radius 1 is 1.21 bits per heavy atom. The molecule has 2 atom stereocenters. The number of aromatic nitrogens is 1. The van der Waals surface area contributed by atoms with Gasteiger partial charge < -0.3 is 16.0 Å². The maximum atomic E-state index is 12.4. The summed E-state index contributed by atoms with van der Waals surface area (Å²) < 4.78 is 1.54. The van der Waals surface area contributed by atoms with E-state index in [4.69, 9.17) is 5.73 Å². The number of pyridine rings is 1. The minimum atomic E-state index is -0.141. The van der Waals surface area contributed by atoms with Crippen molar-refractivity contribution in [2.75, 3.05) is 20.1 Å². The number of rotatable bonds is 3. The Balaban J connectivity index is 1.72. The summed E-state index contributed by atoms with van der Waals surface area (Å²) in [6, 6.07) is 11.9. The highest BCUT2D eigenvalue weighted by Gasteiger charge is 2.26. The van der Waals surface area contributed by atoms with Crippen LogP contribution in [0.25, 0.3) is 5.69 Å². The van der Waals surface area contributed by atoms with Gasteiger partial charge in [0.2, 0.25) is 0 Å². The van der Waals surface area contributed by atoms with Crippen molar-refractivity contribution in [3.05, 3.63) is 64.6 Å². The summed E-state index contributed by atoms with van der Waals surface area (Å²) in [5, 5.41) is 3.01. The summed E-state index contributed by atoms with van der Waals surface area (Å²) in [7, 11) is 2.03. The lowest BCUT2D eigenvalue weighted by atomic mass is 10.00. The first-order chi connectivity index (χ1) is 11.5. The van der Waals surface area contributed by atoms with E-state index in [2.05, 4.69) is 10.2 Å². The maximum Gasteiger partial charge on any atom is 0.255 e. The third kappa shape index (κ3) is 3.55. The van der Waals surface area contributed by atoms with E-state index in [-0.39, 0.29) is 23.6 Å². The van der Waals surface area contributed by atoms with Crippen LogP contribution < -0.4 is 16.6 Å². The van der Waals surface area contributed by atoms with Crippen LogP contribution in [0, 0.1) is 0 Å². The minimum Gasteiger partial charge on any atom is -0.346 e. The second-order valence-electron chi connectivity index (χ2n) is 6.25. The van der Waals surface area contributed by atoms with E-state index in [0.29, 0.717) is 5.56 Å². The molecule has 0 radical (unpaired) electrons. The number of hydrogen-bond acceptors (Lipinski definition) is 4. The van der Waals surface area contributed by atoms with E-state index in [1.54, 1.807) is 42.6 Å². The zero-order valence-electron chi connectivity index (χ0n) is 13.7. The smallest absolute Gasteiger partial charge is 0.255 e. The summed E-state index contributed by atoms with van der Waals surface area (Å²) in [6.07, 6.45) is 2.58. The number of likely N-dealkylation sites (tertiary alicyclic amines) is 1. The van der Waals surface area contributed by atoms with Gasteiger partial charge in [-0.05, 0) is 50.3 Å². The van der Waals surface area contributed by atoms with Gasteiger partial charge in [0.1, 0.15) is 0 Å². The topological polar surface area (TPSA) is 80.4 Å². The predicted molar refractivity (Wildman–Crippen MR) is 93.4 cm³/mol. The summed E-state index contributed by atoms with van der Waals surface area (Å²) >= 11 is 0. The molecule has 1 aromatic heterocycles. The van der Waals surface area contributed by atoms with Crippen molar-refractivity contribution in [3.8, 4) is 5.69 Å². The van der Waals surface area contributed by atoms with Gasteiger partial charge >= 0.3 is 0 Å². The van der Waals surface area contributed by atoms with Crippen LogP contribution >= 0.6 is 0 Å². The number of carbonyl (C=O) groups excluding carboxylic acids is 1. The third-order valence-corrected chi connectivity index (χ3v) is 4.42. The molecule has 126 valence electrons.